The summed E-state index contributed by atoms with van der Waals surface area (Å²) >= 11 is 1.20. The average Bonchev–Trinajstić information content (AvgIpc) is 3.31. The van der Waals surface area contributed by atoms with Crippen LogP contribution >= 0.6 is 11.3 Å². The molecule has 1 amide bonds. The first-order valence-electron chi connectivity index (χ1n) is 11.5. The van der Waals surface area contributed by atoms with Crippen molar-refractivity contribution in [2.75, 3.05) is 24.2 Å². The number of amides is 1. The van der Waals surface area contributed by atoms with Gasteiger partial charge in [-0.15, -0.1) is 0 Å². The van der Waals surface area contributed by atoms with Crippen LogP contribution in [0.3, 0.4) is 0 Å². The number of fused-ring (bicyclic) bond motifs is 1. The third-order valence-corrected chi connectivity index (χ3v) is 9.98. The van der Waals surface area contributed by atoms with Crippen molar-refractivity contribution in [1.29, 1.82) is 0 Å². The summed E-state index contributed by atoms with van der Waals surface area (Å²) in [7, 11) is -7.06. The summed E-state index contributed by atoms with van der Waals surface area (Å²) in [6, 6.07) is 14.1. The topological polar surface area (TPSA) is 118 Å². The lowest BCUT2D eigenvalue weighted by atomic mass is 10.2. The molecule has 2 aromatic carbocycles. The van der Waals surface area contributed by atoms with Crippen molar-refractivity contribution in [2.24, 2.45) is 0 Å². The molecule has 2 heterocycles. The first-order chi connectivity index (χ1) is 17.5. The van der Waals surface area contributed by atoms with Crippen LogP contribution in [0, 0.1) is 0 Å². The lowest BCUT2D eigenvalue weighted by Gasteiger charge is -2.21. The van der Waals surface area contributed by atoms with E-state index >= 15 is 0 Å². The van der Waals surface area contributed by atoms with Crippen LogP contribution in [0.2, 0.25) is 0 Å². The summed E-state index contributed by atoms with van der Waals surface area (Å²) in [5.41, 5.74) is 1.63. The van der Waals surface area contributed by atoms with Crippen LogP contribution in [0.25, 0.3) is 10.2 Å². The van der Waals surface area contributed by atoms with Crippen LogP contribution in [0.5, 0.6) is 0 Å². The molecule has 0 fully saturated rings. The van der Waals surface area contributed by atoms with Crippen molar-refractivity contribution in [3.8, 4) is 0 Å². The molecule has 194 valence electrons. The molecule has 0 saturated carbocycles. The Morgan fingerprint density at radius 3 is 2.22 bits per heavy atom. The van der Waals surface area contributed by atoms with E-state index in [-0.39, 0.29) is 22.2 Å². The number of hydrogen-bond donors (Lipinski definition) is 0. The number of hydrogen-bond acceptors (Lipinski definition) is 8. The minimum atomic E-state index is -3.66. The van der Waals surface area contributed by atoms with Crippen molar-refractivity contribution in [3.63, 3.8) is 0 Å². The van der Waals surface area contributed by atoms with Crippen molar-refractivity contribution in [3.05, 3.63) is 78.1 Å². The number of carbonyl (C=O) groups excluding carboxylic acids is 1. The molecule has 0 aliphatic heterocycles. The molecular formula is C25H26N4O5S3. The van der Waals surface area contributed by atoms with Gasteiger partial charge in [0.1, 0.15) is 0 Å². The molecule has 37 heavy (non-hydrogen) atoms. The second kappa shape index (κ2) is 10.7. The second-order valence-electron chi connectivity index (χ2n) is 8.26. The van der Waals surface area contributed by atoms with E-state index in [1.54, 1.807) is 44.4 Å². The van der Waals surface area contributed by atoms with E-state index < -0.39 is 19.9 Å². The van der Waals surface area contributed by atoms with Gasteiger partial charge in [0.2, 0.25) is 10.0 Å². The zero-order valence-corrected chi connectivity index (χ0v) is 23.0. The maximum Gasteiger partial charge on any atom is 0.260 e. The van der Waals surface area contributed by atoms with Crippen LogP contribution in [-0.4, -0.2) is 56.4 Å². The zero-order chi connectivity index (χ0) is 26.8. The summed E-state index contributed by atoms with van der Waals surface area (Å²) < 4.78 is 51.7. The number of benzene rings is 2. The molecule has 0 radical (unpaired) electrons. The highest BCUT2D eigenvalue weighted by Gasteiger charge is 2.25. The molecule has 0 saturated heterocycles. The Morgan fingerprint density at radius 2 is 1.62 bits per heavy atom. The number of sulfonamides is 1. The fourth-order valence-electron chi connectivity index (χ4n) is 3.78. The Hall–Kier alpha value is -3.19. The number of sulfone groups is 1. The van der Waals surface area contributed by atoms with E-state index in [4.69, 9.17) is 0 Å². The van der Waals surface area contributed by atoms with Crippen molar-refractivity contribution >= 4 is 52.5 Å². The molecule has 12 heteroatoms. The minimum absolute atomic E-state index is 0.111. The lowest BCUT2D eigenvalue weighted by Crippen LogP contribution is -2.31. The van der Waals surface area contributed by atoms with E-state index in [0.29, 0.717) is 34.0 Å². The molecular weight excluding hydrogens is 532 g/mol. The molecule has 0 unspecified atom stereocenters. The maximum atomic E-state index is 13.7. The normalized spacial score (nSPS) is 12.2. The van der Waals surface area contributed by atoms with E-state index in [9.17, 15) is 21.6 Å². The highest BCUT2D eigenvalue weighted by molar-refractivity contribution is 7.90. The predicted molar refractivity (Wildman–Crippen MR) is 144 cm³/mol. The Labute approximate surface area is 220 Å². The summed E-state index contributed by atoms with van der Waals surface area (Å²) in [5.74, 6) is -0.377. The first kappa shape index (κ1) is 26.9. The fourth-order valence-corrected chi connectivity index (χ4v) is 6.96. The SMILES string of the molecule is CCN(CC)S(=O)(=O)c1ccc(C(=O)N(Cc2cccnc2)c2nc3ccc(S(C)(=O)=O)cc3s2)cc1. The number of rotatable bonds is 9. The number of carbonyl (C=O) groups is 1. The van der Waals surface area contributed by atoms with Crippen LogP contribution in [-0.2, 0) is 26.4 Å². The van der Waals surface area contributed by atoms with Gasteiger partial charge in [0.15, 0.2) is 15.0 Å². The van der Waals surface area contributed by atoms with Crippen molar-refractivity contribution in [1.82, 2.24) is 14.3 Å². The van der Waals surface area contributed by atoms with Gasteiger partial charge in [-0.3, -0.25) is 14.7 Å². The van der Waals surface area contributed by atoms with Gasteiger partial charge in [0.25, 0.3) is 5.91 Å². The van der Waals surface area contributed by atoms with Crippen molar-refractivity contribution in [2.45, 2.75) is 30.2 Å². The lowest BCUT2D eigenvalue weighted by molar-refractivity contribution is 0.0985. The van der Waals surface area contributed by atoms with E-state index in [1.165, 1.54) is 50.9 Å². The molecule has 4 rings (SSSR count). The number of anilines is 1. The summed E-state index contributed by atoms with van der Waals surface area (Å²) in [4.78, 5) is 24.2. The molecule has 0 spiro atoms. The zero-order valence-electron chi connectivity index (χ0n) is 20.5. The molecule has 4 aromatic rings. The Morgan fingerprint density at radius 1 is 0.946 bits per heavy atom. The Balaban J connectivity index is 1.73. The van der Waals surface area contributed by atoms with E-state index in [2.05, 4.69) is 9.97 Å². The third kappa shape index (κ3) is 5.72. The van der Waals surface area contributed by atoms with Gasteiger partial charge in [0.05, 0.1) is 26.6 Å². The van der Waals surface area contributed by atoms with Crippen LogP contribution in [0.4, 0.5) is 5.13 Å². The third-order valence-electron chi connectivity index (χ3n) is 5.76. The van der Waals surface area contributed by atoms with Gasteiger partial charge in [-0.2, -0.15) is 4.31 Å². The monoisotopic (exact) mass is 558 g/mol. The number of pyridine rings is 1. The Kier molecular flexibility index (Phi) is 7.74. The van der Waals surface area contributed by atoms with E-state index in [0.717, 1.165) is 11.8 Å². The highest BCUT2D eigenvalue weighted by atomic mass is 32.2. The predicted octanol–water partition coefficient (Wildman–Crippen LogP) is 3.97. The first-order valence-corrected chi connectivity index (χ1v) is 15.6. The van der Waals surface area contributed by atoms with Crippen LogP contribution in [0.1, 0.15) is 29.8 Å². The molecule has 0 atom stereocenters. The largest absolute Gasteiger partial charge is 0.279 e. The van der Waals surface area contributed by atoms with E-state index in [1.807, 2.05) is 6.07 Å². The molecule has 0 bridgehead atoms. The second-order valence-corrected chi connectivity index (χ2v) is 13.2. The molecule has 2 aromatic heterocycles. The van der Waals surface area contributed by atoms with Gasteiger partial charge >= 0.3 is 0 Å². The fraction of sp³-hybridized carbons (Fsp3) is 0.240. The summed E-state index contributed by atoms with van der Waals surface area (Å²) in [6.07, 6.45) is 4.42. The molecule has 0 aliphatic carbocycles. The number of aromatic nitrogens is 2. The van der Waals surface area contributed by atoms with Gasteiger partial charge < -0.3 is 0 Å². The quantitative estimate of drug-likeness (QED) is 0.305. The van der Waals surface area contributed by atoms with Gasteiger partial charge in [-0.1, -0.05) is 31.3 Å². The summed E-state index contributed by atoms with van der Waals surface area (Å²) in [5, 5.41) is 0.384. The number of nitrogens with zero attached hydrogens (tertiary/aromatic N) is 4. The van der Waals surface area contributed by atoms with Crippen LogP contribution in [0.15, 0.2) is 76.8 Å². The minimum Gasteiger partial charge on any atom is -0.279 e. The van der Waals surface area contributed by atoms with Gasteiger partial charge in [-0.25, -0.2) is 21.8 Å². The standard InChI is InChI=1S/C25H26N4O5S3/c1-4-28(5-2)37(33,34)20-10-8-19(9-11-20)24(30)29(17-18-7-6-14-26-16-18)25-27-22-13-12-21(36(3,31)32)15-23(22)35-25/h6-16H,4-5,17H2,1-3H3. The van der Waals surface area contributed by atoms with Crippen molar-refractivity contribution < 1.29 is 21.6 Å². The summed E-state index contributed by atoms with van der Waals surface area (Å²) in [6.45, 7) is 4.40. The van der Waals surface area contributed by atoms with Gasteiger partial charge in [-0.05, 0) is 54.1 Å². The average molecular weight is 559 g/mol. The maximum absolute atomic E-state index is 13.7. The molecule has 0 N–H and O–H groups in total. The number of thiazole rings is 1. The van der Waals surface area contributed by atoms with Crippen LogP contribution < -0.4 is 4.90 Å². The molecule has 9 nitrogen and oxygen atoms in total. The molecule has 0 aliphatic rings. The highest BCUT2D eigenvalue weighted by Crippen LogP contribution is 2.32. The smallest absolute Gasteiger partial charge is 0.260 e. The van der Waals surface area contributed by atoms with Gasteiger partial charge in [0, 0.05) is 37.3 Å². The Bertz CT molecular complexity index is 1630.